The molecule has 0 amide bonds. The smallest absolute Gasteiger partial charge is 0.121 e. The normalized spacial score (nSPS) is 12.4. The molecule has 102 valence electrons. The van der Waals surface area contributed by atoms with Crippen LogP contribution in [-0.2, 0) is 0 Å². The van der Waals surface area contributed by atoms with E-state index in [2.05, 4.69) is 17.2 Å². The highest BCUT2D eigenvalue weighted by molar-refractivity contribution is 5.38. The molecule has 5 nitrogen and oxygen atoms in total. The first-order valence-corrected chi connectivity index (χ1v) is 6.65. The van der Waals surface area contributed by atoms with E-state index in [-0.39, 0.29) is 6.04 Å². The summed E-state index contributed by atoms with van der Waals surface area (Å²) in [6.45, 7) is 4.72. The van der Waals surface area contributed by atoms with Crippen molar-refractivity contribution in [2.45, 2.75) is 32.7 Å². The summed E-state index contributed by atoms with van der Waals surface area (Å²) >= 11 is 0. The lowest BCUT2D eigenvalue weighted by Crippen LogP contribution is -2.10. The second kappa shape index (κ2) is 6.33. The van der Waals surface area contributed by atoms with E-state index in [1.54, 1.807) is 4.68 Å². The van der Waals surface area contributed by atoms with Crippen LogP contribution in [0.4, 0.5) is 0 Å². The van der Waals surface area contributed by atoms with Gasteiger partial charge < -0.3 is 10.5 Å². The molecule has 1 heterocycles. The molecule has 19 heavy (non-hydrogen) atoms. The van der Waals surface area contributed by atoms with Crippen molar-refractivity contribution in [1.82, 2.24) is 15.0 Å². The van der Waals surface area contributed by atoms with Crippen LogP contribution in [0.1, 0.15) is 38.4 Å². The number of benzene rings is 1. The quantitative estimate of drug-likeness (QED) is 0.866. The lowest BCUT2D eigenvalue weighted by Gasteiger charge is -2.06. The van der Waals surface area contributed by atoms with Gasteiger partial charge in [0.25, 0.3) is 0 Å². The van der Waals surface area contributed by atoms with Gasteiger partial charge in [0.2, 0.25) is 0 Å². The molecule has 0 aliphatic carbocycles. The molecule has 0 aliphatic heterocycles. The van der Waals surface area contributed by atoms with Crippen LogP contribution in [0.2, 0.25) is 0 Å². The SMILES string of the molecule is CCCC(N)c1cn(-c2cccc(OCC)c2)nn1. The van der Waals surface area contributed by atoms with Gasteiger partial charge in [-0.05, 0) is 25.5 Å². The molecule has 2 N–H and O–H groups in total. The second-order valence-corrected chi connectivity index (χ2v) is 4.41. The molecule has 0 radical (unpaired) electrons. The average Bonchev–Trinajstić information content (AvgIpc) is 2.89. The number of aromatic nitrogens is 3. The highest BCUT2D eigenvalue weighted by Crippen LogP contribution is 2.18. The summed E-state index contributed by atoms with van der Waals surface area (Å²) in [6.07, 6.45) is 3.83. The van der Waals surface area contributed by atoms with Gasteiger partial charge in [0, 0.05) is 6.07 Å². The van der Waals surface area contributed by atoms with Crippen molar-refractivity contribution in [1.29, 1.82) is 0 Å². The van der Waals surface area contributed by atoms with Gasteiger partial charge in [0.15, 0.2) is 0 Å². The molecule has 5 heteroatoms. The first-order chi connectivity index (χ1) is 9.24. The van der Waals surface area contributed by atoms with Gasteiger partial charge >= 0.3 is 0 Å². The van der Waals surface area contributed by atoms with Crippen molar-refractivity contribution in [2.75, 3.05) is 6.61 Å². The molecule has 2 aromatic rings. The Kier molecular flexibility index (Phi) is 4.52. The third-order valence-electron chi connectivity index (χ3n) is 2.88. The zero-order chi connectivity index (χ0) is 13.7. The fourth-order valence-corrected chi connectivity index (χ4v) is 1.91. The van der Waals surface area contributed by atoms with Crippen molar-refractivity contribution in [3.8, 4) is 11.4 Å². The van der Waals surface area contributed by atoms with E-state index in [1.165, 1.54) is 0 Å². The van der Waals surface area contributed by atoms with Crippen LogP contribution in [0.25, 0.3) is 5.69 Å². The van der Waals surface area contributed by atoms with E-state index in [0.29, 0.717) is 6.61 Å². The van der Waals surface area contributed by atoms with Crippen LogP contribution < -0.4 is 10.5 Å². The molecule has 0 saturated heterocycles. The Hall–Kier alpha value is -1.88. The monoisotopic (exact) mass is 260 g/mol. The van der Waals surface area contributed by atoms with Crippen LogP contribution in [0, 0.1) is 0 Å². The Morgan fingerprint density at radius 2 is 2.21 bits per heavy atom. The highest BCUT2D eigenvalue weighted by Gasteiger charge is 2.10. The lowest BCUT2D eigenvalue weighted by atomic mass is 10.1. The van der Waals surface area contributed by atoms with Gasteiger partial charge in [-0.25, -0.2) is 4.68 Å². The fourth-order valence-electron chi connectivity index (χ4n) is 1.91. The number of ether oxygens (including phenoxy) is 1. The third kappa shape index (κ3) is 3.32. The molecular weight excluding hydrogens is 240 g/mol. The Bertz CT molecular complexity index is 524. The minimum atomic E-state index is -0.0474. The summed E-state index contributed by atoms with van der Waals surface area (Å²) in [5.74, 6) is 0.829. The standard InChI is InChI=1S/C14H20N4O/c1-3-6-13(15)14-10-18(17-16-14)11-7-5-8-12(9-11)19-4-2/h5,7-10,13H,3-4,6,15H2,1-2H3. The summed E-state index contributed by atoms with van der Waals surface area (Å²) in [7, 11) is 0. The maximum atomic E-state index is 6.03. The van der Waals surface area contributed by atoms with Gasteiger partial charge in [-0.1, -0.05) is 24.6 Å². The number of hydrogen-bond acceptors (Lipinski definition) is 4. The summed E-state index contributed by atoms with van der Waals surface area (Å²) < 4.78 is 7.20. The van der Waals surface area contributed by atoms with Gasteiger partial charge in [-0.15, -0.1) is 5.10 Å². The van der Waals surface area contributed by atoms with E-state index in [4.69, 9.17) is 10.5 Å². The van der Waals surface area contributed by atoms with Crippen molar-refractivity contribution < 1.29 is 4.74 Å². The van der Waals surface area contributed by atoms with Gasteiger partial charge in [0.1, 0.15) is 5.75 Å². The van der Waals surface area contributed by atoms with Gasteiger partial charge in [0.05, 0.1) is 30.2 Å². The van der Waals surface area contributed by atoms with E-state index < -0.39 is 0 Å². The molecule has 0 spiro atoms. The van der Waals surface area contributed by atoms with Crippen molar-refractivity contribution in [2.24, 2.45) is 5.73 Å². The van der Waals surface area contributed by atoms with Crippen molar-refractivity contribution in [3.05, 3.63) is 36.2 Å². The fraction of sp³-hybridized carbons (Fsp3) is 0.429. The molecule has 0 aliphatic rings. The average molecular weight is 260 g/mol. The largest absolute Gasteiger partial charge is 0.494 e. The Morgan fingerprint density at radius 3 is 2.95 bits per heavy atom. The Morgan fingerprint density at radius 1 is 1.37 bits per heavy atom. The van der Waals surface area contributed by atoms with Crippen LogP contribution in [0.5, 0.6) is 5.75 Å². The third-order valence-corrected chi connectivity index (χ3v) is 2.88. The van der Waals surface area contributed by atoms with E-state index >= 15 is 0 Å². The summed E-state index contributed by atoms with van der Waals surface area (Å²) in [4.78, 5) is 0. The molecule has 1 aromatic heterocycles. The number of nitrogens with zero attached hydrogens (tertiary/aromatic N) is 3. The molecule has 1 unspecified atom stereocenters. The molecular formula is C14H20N4O. The van der Waals surface area contributed by atoms with E-state index in [9.17, 15) is 0 Å². The van der Waals surface area contributed by atoms with Crippen LogP contribution in [0.15, 0.2) is 30.5 Å². The van der Waals surface area contributed by atoms with E-state index in [1.807, 2.05) is 37.4 Å². The molecule has 2 rings (SSSR count). The highest BCUT2D eigenvalue weighted by atomic mass is 16.5. The van der Waals surface area contributed by atoms with Crippen molar-refractivity contribution in [3.63, 3.8) is 0 Å². The molecule has 0 bridgehead atoms. The van der Waals surface area contributed by atoms with Gasteiger partial charge in [-0.3, -0.25) is 0 Å². The Labute approximate surface area is 113 Å². The zero-order valence-electron chi connectivity index (χ0n) is 11.4. The predicted molar refractivity (Wildman–Crippen MR) is 74.4 cm³/mol. The number of nitrogens with two attached hydrogens (primary N) is 1. The summed E-state index contributed by atoms with van der Waals surface area (Å²) in [5.41, 5.74) is 7.78. The summed E-state index contributed by atoms with van der Waals surface area (Å²) in [5, 5.41) is 8.26. The van der Waals surface area contributed by atoms with Gasteiger partial charge in [-0.2, -0.15) is 0 Å². The second-order valence-electron chi connectivity index (χ2n) is 4.41. The first kappa shape index (κ1) is 13.5. The van der Waals surface area contributed by atoms with Crippen LogP contribution in [0.3, 0.4) is 0 Å². The first-order valence-electron chi connectivity index (χ1n) is 6.65. The minimum Gasteiger partial charge on any atom is -0.494 e. The predicted octanol–water partition coefficient (Wildman–Crippen LogP) is 2.47. The maximum Gasteiger partial charge on any atom is 0.121 e. The number of hydrogen-bond donors (Lipinski definition) is 1. The topological polar surface area (TPSA) is 66.0 Å². The maximum absolute atomic E-state index is 6.03. The van der Waals surface area contributed by atoms with Crippen LogP contribution >= 0.6 is 0 Å². The van der Waals surface area contributed by atoms with Crippen molar-refractivity contribution >= 4 is 0 Å². The lowest BCUT2D eigenvalue weighted by molar-refractivity contribution is 0.340. The molecule has 0 saturated carbocycles. The summed E-state index contributed by atoms with van der Waals surface area (Å²) in [6, 6.07) is 7.72. The van der Waals surface area contributed by atoms with E-state index in [0.717, 1.165) is 30.0 Å². The zero-order valence-corrected chi connectivity index (χ0v) is 11.4. The molecule has 0 fully saturated rings. The molecule has 1 aromatic carbocycles. The minimum absolute atomic E-state index is 0.0474. The van der Waals surface area contributed by atoms with Crippen LogP contribution in [-0.4, -0.2) is 21.6 Å². The number of rotatable bonds is 6. The molecule has 1 atom stereocenters. The Balaban J connectivity index is 2.20.